The van der Waals surface area contributed by atoms with Gasteiger partial charge in [-0.1, -0.05) is 12.1 Å². The molecule has 2 heterocycles. The van der Waals surface area contributed by atoms with E-state index in [1.807, 2.05) is 27.7 Å². The quantitative estimate of drug-likeness (QED) is 0.810. The molecule has 25 heavy (non-hydrogen) atoms. The molecular formula is C17H27BN2O4S. The lowest BCUT2D eigenvalue weighted by atomic mass is 9.79. The summed E-state index contributed by atoms with van der Waals surface area (Å²) in [5, 5.41) is 0. The summed E-state index contributed by atoms with van der Waals surface area (Å²) in [6.07, 6.45) is 1.40. The zero-order chi connectivity index (χ0) is 18.5. The van der Waals surface area contributed by atoms with Crippen molar-refractivity contribution in [1.82, 2.24) is 4.31 Å². The van der Waals surface area contributed by atoms with Crippen LogP contribution in [-0.4, -0.2) is 50.2 Å². The summed E-state index contributed by atoms with van der Waals surface area (Å²) in [7, 11) is -3.97. The molecule has 0 radical (unpaired) electrons. The van der Waals surface area contributed by atoms with Crippen LogP contribution in [0.2, 0.25) is 0 Å². The Morgan fingerprint density at radius 3 is 2.00 bits per heavy atom. The monoisotopic (exact) mass is 366 g/mol. The van der Waals surface area contributed by atoms with Gasteiger partial charge in [0.2, 0.25) is 10.0 Å². The first-order chi connectivity index (χ1) is 11.5. The summed E-state index contributed by atoms with van der Waals surface area (Å²) in [6.45, 7) is 8.92. The first-order valence-corrected chi connectivity index (χ1v) is 10.2. The highest BCUT2D eigenvalue weighted by atomic mass is 32.2. The molecule has 0 unspecified atom stereocenters. The summed E-state index contributed by atoms with van der Waals surface area (Å²) in [5.74, 6) is 0. The lowest BCUT2D eigenvalue weighted by Gasteiger charge is -2.32. The number of rotatable bonds is 3. The fraction of sp³-hybridized carbons (Fsp3) is 0.647. The maximum Gasteiger partial charge on any atom is 0.494 e. The van der Waals surface area contributed by atoms with Crippen LogP contribution in [0.4, 0.5) is 0 Å². The van der Waals surface area contributed by atoms with Crippen molar-refractivity contribution in [3.8, 4) is 0 Å². The number of sulfonamides is 1. The highest BCUT2D eigenvalue weighted by molar-refractivity contribution is 7.89. The van der Waals surface area contributed by atoms with Crippen molar-refractivity contribution < 1.29 is 17.7 Å². The van der Waals surface area contributed by atoms with Crippen molar-refractivity contribution in [3.63, 3.8) is 0 Å². The molecule has 6 nitrogen and oxygen atoms in total. The zero-order valence-electron chi connectivity index (χ0n) is 15.4. The van der Waals surface area contributed by atoms with Crippen molar-refractivity contribution in [1.29, 1.82) is 0 Å². The zero-order valence-corrected chi connectivity index (χ0v) is 16.2. The van der Waals surface area contributed by atoms with Crippen LogP contribution >= 0.6 is 0 Å². The second kappa shape index (κ2) is 6.35. The fourth-order valence-corrected chi connectivity index (χ4v) is 4.51. The van der Waals surface area contributed by atoms with Crippen molar-refractivity contribution in [2.24, 2.45) is 5.73 Å². The van der Waals surface area contributed by atoms with Gasteiger partial charge in [-0.05, 0) is 58.1 Å². The van der Waals surface area contributed by atoms with E-state index in [4.69, 9.17) is 15.0 Å². The SMILES string of the molecule is CC1(C)OB(c2ccc(S(=O)(=O)N3CCC(N)CC3)cc2)OC1(C)C. The van der Waals surface area contributed by atoms with Gasteiger partial charge in [0.15, 0.2) is 0 Å². The Morgan fingerprint density at radius 2 is 1.52 bits per heavy atom. The summed E-state index contributed by atoms with van der Waals surface area (Å²) in [6, 6.07) is 6.89. The van der Waals surface area contributed by atoms with E-state index in [2.05, 4.69) is 0 Å². The maximum absolute atomic E-state index is 12.8. The van der Waals surface area contributed by atoms with E-state index in [1.165, 1.54) is 4.31 Å². The summed E-state index contributed by atoms with van der Waals surface area (Å²) in [5.41, 5.74) is 5.84. The molecule has 2 N–H and O–H groups in total. The molecule has 1 aromatic carbocycles. The third-order valence-corrected chi connectivity index (χ3v) is 7.45. The van der Waals surface area contributed by atoms with Crippen molar-refractivity contribution in [2.45, 2.75) is 62.7 Å². The van der Waals surface area contributed by atoms with Crippen molar-refractivity contribution >= 4 is 22.6 Å². The number of nitrogens with zero attached hydrogens (tertiary/aromatic N) is 1. The molecule has 8 heteroatoms. The number of hydrogen-bond donors (Lipinski definition) is 1. The second-order valence-corrected chi connectivity index (χ2v) is 9.84. The number of benzene rings is 1. The third kappa shape index (κ3) is 3.50. The van der Waals surface area contributed by atoms with Crippen molar-refractivity contribution in [3.05, 3.63) is 24.3 Å². The largest absolute Gasteiger partial charge is 0.494 e. The molecule has 0 bridgehead atoms. The van der Waals surface area contributed by atoms with E-state index in [1.54, 1.807) is 24.3 Å². The molecule has 138 valence electrons. The first-order valence-electron chi connectivity index (χ1n) is 8.74. The minimum absolute atomic E-state index is 0.0946. The van der Waals surface area contributed by atoms with Crippen LogP contribution in [-0.2, 0) is 19.3 Å². The molecule has 2 saturated heterocycles. The minimum atomic E-state index is -3.48. The van der Waals surface area contributed by atoms with Gasteiger partial charge in [-0.3, -0.25) is 0 Å². The van der Waals surface area contributed by atoms with E-state index in [9.17, 15) is 8.42 Å². The second-order valence-electron chi connectivity index (χ2n) is 7.90. The molecule has 0 atom stereocenters. The van der Waals surface area contributed by atoms with Crippen LogP contribution in [0.1, 0.15) is 40.5 Å². The smallest absolute Gasteiger partial charge is 0.399 e. The van der Waals surface area contributed by atoms with E-state index < -0.39 is 28.3 Å². The summed E-state index contributed by atoms with van der Waals surface area (Å²) >= 11 is 0. The van der Waals surface area contributed by atoms with Crippen LogP contribution in [0.5, 0.6) is 0 Å². The molecule has 0 saturated carbocycles. The first kappa shape index (κ1) is 18.9. The standard InChI is InChI=1S/C17H27BN2O4S/c1-16(2)17(3,4)24-18(23-16)13-5-7-15(8-6-13)25(21,22)20-11-9-14(19)10-12-20/h5-8,14H,9-12,19H2,1-4H3. The molecule has 0 spiro atoms. The highest BCUT2D eigenvalue weighted by Gasteiger charge is 2.51. The molecule has 0 aromatic heterocycles. The molecule has 0 amide bonds. The summed E-state index contributed by atoms with van der Waals surface area (Å²) in [4.78, 5) is 0.295. The van der Waals surface area contributed by atoms with Gasteiger partial charge in [-0.25, -0.2) is 8.42 Å². The molecule has 1 aromatic rings. The Labute approximate surface area is 150 Å². The van der Waals surface area contributed by atoms with Crippen LogP contribution in [0, 0.1) is 0 Å². The normalized spacial score (nSPS) is 24.6. The van der Waals surface area contributed by atoms with Crippen LogP contribution in [0.25, 0.3) is 0 Å². The average molecular weight is 366 g/mol. The Balaban J connectivity index is 1.77. The Hall–Kier alpha value is -0.925. The Kier molecular flexibility index (Phi) is 4.79. The van der Waals surface area contributed by atoms with Gasteiger partial charge in [0.1, 0.15) is 0 Å². The lowest BCUT2D eigenvalue weighted by Crippen LogP contribution is -2.42. The molecule has 2 aliphatic heterocycles. The molecule has 0 aliphatic carbocycles. The molecule has 2 fully saturated rings. The lowest BCUT2D eigenvalue weighted by molar-refractivity contribution is 0.00578. The average Bonchev–Trinajstić information content (AvgIpc) is 2.76. The predicted octanol–water partition coefficient (Wildman–Crippen LogP) is 1.10. The summed E-state index contributed by atoms with van der Waals surface area (Å²) < 4.78 is 39.0. The maximum atomic E-state index is 12.8. The van der Waals surface area contributed by atoms with Gasteiger partial charge in [-0.2, -0.15) is 4.31 Å². The van der Waals surface area contributed by atoms with Crippen molar-refractivity contribution in [2.75, 3.05) is 13.1 Å². The molecule has 3 rings (SSSR count). The van der Waals surface area contributed by atoms with Gasteiger partial charge in [0.05, 0.1) is 16.1 Å². The van der Waals surface area contributed by atoms with Gasteiger partial charge < -0.3 is 15.0 Å². The third-order valence-electron chi connectivity index (χ3n) is 5.54. The number of hydrogen-bond acceptors (Lipinski definition) is 5. The van der Waals surface area contributed by atoms with Gasteiger partial charge >= 0.3 is 7.12 Å². The van der Waals surface area contributed by atoms with E-state index in [-0.39, 0.29) is 6.04 Å². The molecule has 2 aliphatic rings. The fourth-order valence-electron chi connectivity index (χ4n) is 3.04. The van der Waals surface area contributed by atoms with Gasteiger partial charge in [0.25, 0.3) is 0 Å². The minimum Gasteiger partial charge on any atom is -0.399 e. The number of nitrogens with two attached hydrogens (primary N) is 1. The van der Waals surface area contributed by atoms with Crippen LogP contribution < -0.4 is 11.2 Å². The van der Waals surface area contributed by atoms with Crippen LogP contribution in [0.3, 0.4) is 0 Å². The Morgan fingerprint density at radius 1 is 1.04 bits per heavy atom. The van der Waals surface area contributed by atoms with Gasteiger partial charge in [0, 0.05) is 19.1 Å². The van der Waals surface area contributed by atoms with E-state index >= 15 is 0 Å². The predicted molar refractivity (Wildman–Crippen MR) is 98.1 cm³/mol. The highest BCUT2D eigenvalue weighted by Crippen LogP contribution is 2.36. The van der Waals surface area contributed by atoms with Crippen LogP contribution in [0.15, 0.2) is 29.2 Å². The van der Waals surface area contributed by atoms with E-state index in [0.717, 1.165) is 5.46 Å². The van der Waals surface area contributed by atoms with Gasteiger partial charge in [-0.15, -0.1) is 0 Å². The number of piperidine rings is 1. The van der Waals surface area contributed by atoms with E-state index in [0.29, 0.717) is 30.8 Å². The Bertz CT molecular complexity index is 710. The topological polar surface area (TPSA) is 81.9 Å². The molecular weight excluding hydrogens is 339 g/mol.